The molecule has 1 aliphatic carbocycles. The van der Waals surface area contributed by atoms with Crippen LogP contribution in [-0.2, 0) is 9.59 Å². The van der Waals surface area contributed by atoms with Crippen LogP contribution in [0.25, 0.3) is 0 Å². The van der Waals surface area contributed by atoms with Crippen molar-refractivity contribution in [2.75, 3.05) is 6.54 Å². The van der Waals surface area contributed by atoms with Gasteiger partial charge < -0.3 is 10.0 Å². The lowest BCUT2D eigenvalue weighted by Gasteiger charge is -2.30. The molecule has 1 aliphatic heterocycles. The third kappa shape index (κ3) is 3.71. The Bertz CT molecular complexity index is 336. The van der Waals surface area contributed by atoms with Gasteiger partial charge in [0, 0.05) is 25.4 Å². The normalized spacial score (nSPS) is 25.7. The highest BCUT2D eigenvalue weighted by atomic mass is 16.4. The fourth-order valence-corrected chi connectivity index (χ4v) is 3.72. The minimum atomic E-state index is -0.811. The monoisotopic (exact) mass is 267 g/mol. The summed E-state index contributed by atoms with van der Waals surface area (Å²) in [6, 6.07) is 0.437. The standard InChI is InChI=1S/C15H25NO3/c1-11(10-15(18)19)9-14(17)16-8-4-7-13(16)12-5-2-3-6-12/h11-13H,2-10H2,1H3,(H,18,19). The van der Waals surface area contributed by atoms with Gasteiger partial charge in [0.1, 0.15) is 0 Å². The summed E-state index contributed by atoms with van der Waals surface area (Å²) < 4.78 is 0. The molecule has 1 heterocycles. The lowest BCUT2D eigenvalue weighted by molar-refractivity contribution is -0.138. The second-order valence-corrected chi connectivity index (χ2v) is 6.25. The van der Waals surface area contributed by atoms with E-state index in [4.69, 9.17) is 5.11 Å². The fraction of sp³-hybridized carbons (Fsp3) is 0.867. The van der Waals surface area contributed by atoms with Crippen LogP contribution in [-0.4, -0.2) is 34.5 Å². The van der Waals surface area contributed by atoms with E-state index in [1.807, 2.05) is 11.8 Å². The quantitative estimate of drug-likeness (QED) is 0.833. The Kier molecular flexibility index (Phi) is 4.83. The number of carboxylic acids is 1. The zero-order valence-corrected chi connectivity index (χ0v) is 11.8. The third-order valence-electron chi connectivity index (χ3n) is 4.61. The zero-order valence-electron chi connectivity index (χ0n) is 11.8. The highest BCUT2D eigenvalue weighted by Gasteiger charge is 2.35. The number of aliphatic carboxylic acids is 1. The second kappa shape index (κ2) is 6.40. The van der Waals surface area contributed by atoms with Gasteiger partial charge in [0.15, 0.2) is 0 Å². The molecule has 0 bridgehead atoms. The smallest absolute Gasteiger partial charge is 0.303 e. The van der Waals surface area contributed by atoms with E-state index in [0.717, 1.165) is 19.4 Å². The number of likely N-dealkylation sites (tertiary alicyclic amines) is 1. The van der Waals surface area contributed by atoms with Crippen molar-refractivity contribution in [3.63, 3.8) is 0 Å². The number of hydrogen-bond donors (Lipinski definition) is 1. The number of amides is 1. The lowest BCUT2D eigenvalue weighted by Crippen LogP contribution is -2.40. The zero-order chi connectivity index (χ0) is 13.8. The van der Waals surface area contributed by atoms with Gasteiger partial charge in [0.2, 0.25) is 5.91 Å². The minimum absolute atomic E-state index is 0.0603. The summed E-state index contributed by atoms with van der Waals surface area (Å²) in [7, 11) is 0. The van der Waals surface area contributed by atoms with E-state index in [-0.39, 0.29) is 18.2 Å². The van der Waals surface area contributed by atoms with E-state index >= 15 is 0 Å². The first-order chi connectivity index (χ1) is 9.08. The third-order valence-corrected chi connectivity index (χ3v) is 4.61. The molecule has 19 heavy (non-hydrogen) atoms. The second-order valence-electron chi connectivity index (χ2n) is 6.25. The van der Waals surface area contributed by atoms with Crippen LogP contribution in [0.1, 0.15) is 58.3 Å². The molecule has 1 saturated carbocycles. The highest BCUT2D eigenvalue weighted by Crippen LogP contribution is 2.35. The van der Waals surface area contributed by atoms with Crippen LogP contribution in [0.3, 0.4) is 0 Å². The Labute approximate surface area is 115 Å². The molecule has 1 N–H and O–H groups in total. The Balaban J connectivity index is 1.88. The van der Waals surface area contributed by atoms with Crippen LogP contribution in [0.15, 0.2) is 0 Å². The van der Waals surface area contributed by atoms with E-state index in [0.29, 0.717) is 18.4 Å². The molecule has 4 heteroatoms. The molecule has 2 aliphatic rings. The Hall–Kier alpha value is -1.06. The van der Waals surface area contributed by atoms with Gasteiger partial charge in [-0.1, -0.05) is 19.8 Å². The number of carbonyl (C=O) groups is 2. The van der Waals surface area contributed by atoms with Crippen LogP contribution >= 0.6 is 0 Å². The van der Waals surface area contributed by atoms with Crippen molar-refractivity contribution >= 4 is 11.9 Å². The minimum Gasteiger partial charge on any atom is -0.481 e. The van der Waals surface area contributed by atoms with Gasteiger partial charge in [-0.15, -0.1) is 0 Å². The van der Waals surface area contributed by atoms with Crippen molar-refractivity contribution in [3.05, 3.63) is 0 Å². The molecule has 1 saturated heterocycles. The molecular formula is C15H25NO3. The van der Waals surface area contributed by atoms with Gasteiger partial charge in [-0.2, -0.15) is 0 Å². The molecule has 2 rings (SSSR count). The van der Waals surface area contributed by atoms with Crippen molar-refractivity contribution in [1.82, 2.24) is 4.90 Å². The summed E-state index contributed by atoms with van der Waals surface area (Å²) in [5, 5.41) is 8.76. The molecule has 0 aromatic heterocycles. The molecule has 2 fully saturated rings. The maximum Gasteiger partial charge on any atom is 0.303 e. The molecule has 0 radical (unpaired) electrons. The average molecular weight is 267 g/mol. The first-order valence-electron chi connectivity index (χ1n) is 7.59. The molecule has 4 nitrogen and oxygen atoms in total. The van der Waals surface area contributed by atoms with E-state index < -0.39 is 5.97 Å². The van der Waals surface area contributed by atoms with Crippen molar-refractivity contribution in [2.45, 2.75) is 64.3 Å². The van der Waals surface area contributed by atoms with Crippen molar-refractivity contribution in [2.24, 2.45) is 11.8 Å². The highest BCUT2D eigenvalue weighted by molar-refractivity contribution is 5.78. The molecular weight excluding hydrogens is 242 g/mol. The molecule has 2 unspecified atom stereocenters. The molecule has 0 aromatic carbocycles. The fourth-order valence-electron chi connectivity index (χ4n) is 3.72. The Morgan fingerprint density at radius 1 is 1.16 bits per heavy atom. The predicted molar refractivity (Wildman–Crippen MR) is 72.7 cm³/mol. The summed E-state index contributed by atoms with van der Waals surface area (Å²) in [5.74, 6) is -0.00623. The van der Waals surface area contributed by atoms with E-state index in [1.54, 1.807) is 0 Å². The number of nitrogens with zero attached hydrogens (tertiary/aromatic N) is 1. The molecule has 0 spiro atoms. The topological polar surface area (TPSA) is 57.6 Å². The van der Waals surface area contributed by atoms with Gasteiger partial charge in [0.05, 0.1) is 0 Å². The predicted octanol–water partition coefficient (Wildman–Crippen LogP) is 2.67. The van der Waals surface area contributed by atoms with Crippen molar-refractivity contribution in [1.29, 1.82) is 0 Å². The van der Waals surface area contributed by atoms with Crippen molar-refractivity contribution in [3.8, 4) is 0 Å². The van der Waals surface area contributed by atoms with Gasteiger partial charge in [-0.25, -0.2) is 0 Å². The van der Waals surface area contributed by atoms with Crippen LogP contribution in [0.4, 0.5) is 0 Å². The van der Waals surface area contributed by atoms with Crippen LogP contribution < -0.4 is 0 Å². The summed E-state index contributed by atoms with van der Waals surface area (Å²) in [4.78, 5) is 25.0. The number of carboxylic acid groups (broad SMARTS) is 1. The van der Waals surface area contributed by atoms with Gasteiger partial charge in [-0.3, -0.25) is 9.59 Å². The summed E-state index contributed by atoms with van der Waals surface area (Å²) in [6.07, 6.45) is 7.86. The van der Waals surface area contributed by atoms with Gasteiger partial charge in [0.25, 0.3) is 0 Å². The number of carbonyl (C=O) groups excluding carboxylic acids is 1. The van der Waals surface area contributed by atoms with E-state index in [1.165, 1.54) is 25.7 Å². The lowest BCUT2D eigenvalue weighted by atomic mass is 9.95. The average Bonchev–Trinajstić information content (AvgIpc) is 2.98. The van der Waals surface area contributed by atoms with E-state index in [2.05, 4.69) is 0 Å². The van der Waals surface area contributed by atoms with Gasteiger partial charge in [-0.05, 0) is 37.5 Å². The van der Waals surface area contributed by atoms with Crippen LogP contribution in [0.5, 0.6) is 0 Å². The maximum atomic E-state index is 12.3. The summed E-state index contributed by atoms with van der Waals surface area (Å²) in [5.41, 5.74) is 0. The van der Waals surface area contributed by atoms with Crippen LogP contribution in [0, 0.1) is 11.8 Å². The van der Waals surface area contributed by atoms with Crippen LogP contribution in [0.2, 0.25) is 0 Å². The maximum absolute atomic E-state index is 12.3. The SMILES string of the molecule is CC(CC(=O)O)CC(=O)N1CCCC1C1CCCC1. The first-order valence-corrected chi connectivity index (χ1v) is 7.59. The molecule has 1 amide bonds. The summed E-state index contributed by atoms with van der Waals surface area (Å²) >= 11 is 0. The Morgan fingerprint density at radius 2 is 1.84 bits per heavy atom. The largest absolute Gasteiger partial charge is 0.481 e. The molecule has 2 atom stereocenters. The number of rotatable bonds is 5. The Morgan fingerprint density at radius 3 is 2.47 bits per heavy atom. The molecule has 108 valence electrons. The van der Waals surface area contributed by atoms with Crippen molar-refractivity contribution < 1.29 is 14.7 Å². The first kappa shape index (κ1) is 14.4. The van der Waals surface area contributed by atoms with E-state index in [9.17, 15) is 9.59 Å². The molecule has 0 aromatic rings. The number of hydrogen-bond acceptors (Lipinski definition) is 2. The van der Waals surface area contributed by atoms with Gasteiger partial charge >= 0.3 is 5.97 Å². The summed E-state index contributed by atoms with van der Waals surface area (Å²) in [6.45, 7) is 2.73.